The van der Waals surface area contributed by atoms with Crippen molar-refractivity contribution in [1.82, 2.24) is 4.90 Å². The summed E-state index contributed by atoms with van der Waals surface area (Å²) in [4.78, 5) is 1.94. The van der Waals surface area contributed by atoms with Crippen molar-refractivity contribution in [2.75, 3.05) is 19.3 Å². The maximum absolute atomic E-state index is 8.72. The molecule has 1 aliphatic heterocycles. The Kier molecular flexibility index (Phi) is 2.35. The van der Waals surface area contributed by atoms with E-state index in [1.54, 1.807) is 11.8 Å². The predicted octanol–water partition coefficient (Wildman–Crippen LogP) is -0.698. The number of hydrogen-bond acceptors (Lipinski definition) is 4. The molecule has 4 heteroatoms. The molecule has 0 saturated carbocycles. The van der Waals surface area contributed by atoms with E-state index in [4.69, 9.17) is 10.2 Å². The Morgan fingerprint density at radius 1 is 1.67 bits per heavy atom. The Balaban J connectivity index is 2.40. The van der Waals surface area contributed by atoms with Crippen molar-refractivity contribution in [2.45, 2.75) is 11.7 Å². The van der Waals surface area contributed by atoms with Crippen molar-refractivity contribution in [2.24, 2.45) is 0 Å². The van der Waals surface area contributed by atoms with Gasteiger partial charge in [0.25, 0.3) is 0 Å². The van der Waals surface area contributed by atoms with Gasteiger partial charge in [-0.15, -0.1) is 11.8 Å². The molecule has 1 rings (SSSR count). The fourth-order valence-corrected chi connectivity index (χ4v) is 2.05. The predicted molar refractivity (Wildman–Crippen MR) is 37.1 cm³/mol. The van der Waals surface area contributed by atoms with Crippen LogP contribution in [0.25, 0.3) is 0 Å². The summed E-state index contributed by atoms with van der Waals surface area (Å²) in [5.74, 6) is 0.999. The van der Waals surface area contributed by atoms with Crippen LogP contribution in [0.4, 0.5) is 0 Å². The van der Waals surface area contributed by atoms with Crippen LogP contribution in [0, 0.1) is 0 Å². The van der Waals surface area contributed by atoms with Crippen LogP contribution in [0.2, 0.25) is 0 Å². The maximum Gasteiger partial charge on any atom is 0.176 e. The van der Waals surface area contributed by atoms with Gasteiger partial charge in [0.2, 0.25) is 0 Å². The van der Waals surface area contributed by atoms with Gasteiger partial charge >= 0.3 is 0 Å². The van der Waals surface area contributed by atoms with E-state index in [1.165, 1.54) is 0 Å². The number of aliphatic hydroxyl groups is 2. The highest BCUT2D eigenvalue weighted by Gasteiger charge is 2.26. The number of aliphatic hydroxyl groups excluding tert-OH is 1. The third-order valence-electron chi connectivity index (χ3n) is 1.42. The normalized spacial score (nSPS) is 30.0. The molecule has 1 atom stereocenters. The average molecular weight is 149 g/mol. The molecule has 0 aliphatic carbocycles. The first kappa shape index (κ1) is 7.34. The Labute approximate surface area is 58.7 Å². The molecule has 3 nitrogen and oxygen atoms in total. The Morgan fingerprint density at radius 2 is 2.33 bits per heavy atom. The Bertz CT molecular complexity index is 99.0. The van der Waals surface area contributed by atoms with Gasteiger partial charge in [0, 0.05) is 12.3 Å². The summed E-state index contributed by atoms with van der Waals surface area (Å²) < 4.78 is 0. The van der Waals surface area contributed by atoms with Crippen LogP contribution < -0.4 is 0 Å². The fourth-order valence-electron chi connectivity index (χ4n) is 0.886. The van der Waals surface area contributed by atoms with E-state index in [9.17, 15) is 0 Å². The molecule has 0 unspecified atom stereocenters. The van der Waals surface area contributed by atoms with Crippen LogP contribution in [0.15, 0.2) is 0 Å². The third-order valence-corrected chi connectivity index (χ3v) is 2.79. The molecule has 1 fully saturated rings. The summed E-state index contributed by atoms with van der Waals surface area (Å²) >= 11 is 1.58. The highest BCUT2D eigenvalue weighted by molar-refractivity contribution is 8.00. The lowest BCUT2D eigenvalue weighted by Gasteiger charge is -2.19. The molecule has 0 aromatic rings. The van der Waals surface area contributed by atoms with Crippen LogP contribution in [-0.2, 0) is 0 Å². The summed E-state index contributed by atoms with van der Waals surface area (Å²) in [6.07, 6.45) is -1.19. The van der Waals surface area contributed by atoms with Gasteiger partial charge in [-0.3, -0.25) is 4.90 Å². The molecule has 0 radical (unpaired) electrons. The lowest BCUT2D eigenvalue weighted by atomic mass is 10.5. The molecule has 0 aromatic carbocycles. The largest absolute Gasteiger partial charge is 0.366 e. The molecule has 9 heavy (non-hydrogen) atoms. The number of nitrogens with zero attached hydrogens (tertiary/aromatic N) is 1. The zero-order valence-electron chi connectivity index (χ0n) is 5.32. The second-order valence-electron chi connectivity index (χ2n) is 2.16. The molecule has 2 N–H and O–H groups in total. The second kappa shape index (κ2) is 2.88. The summed E-state index contributed by atoms with van der Waals surface area (Å²) in [6, 6.07) is 0. The Morgan fingerprint density at radius 3 is 2.56 bits per heavy atom. The van der Waals surface area contributed by atoms with E-state index < -0.39 is 6.29 Å². The highest BCUT2D eigenvalue weighted by Crippen LogP contribution is 2.23. The summed E-state index contributed by atoms with van der Waals surface area (Å²) in [5, 5.41) is 17.3. The lowest BCUT2D eigenvalue weighted by molar-refractivity contribution is -0.0650. The molecule has 0 spiro atoms. The first-order valence-corrected chi connectivity index (χ1v) is 3.94. The molecule has 1 saturated heterocycles. The van der Waals surface area contributed by atoms with E-state index in [1.807, 2.05) is 11.9 Å². The zero-order valence-corrected chi connectivity index (χ0v) is 6.14. The van der Waals surface area contributed by atoms with Crippen molar-refractivity contribution < 1.29 is 10.2 Å². The number of thioether (sulfide) groups is 1. The third kappa shape index (κ3) is 1.58. The summed E-state index contributed by atoms with van der Waals surface area (Å²) in [6.45, 7) is 0.951. The summed E-state index contributed by atoms with van der Waals surface area (Å²) in [5.41, 5.74) is 0. The minimum atomic E-state index is -1.19. The molecule has 0 bridgehead atoms. The number of rotatable bonds is 1. The van der Waals surface area contributed by atoms with Crippen molar-refractivity contribution in [3.8, 4) is 0 Å². The van der Waals surface area contributed by atoms with Gasteiger partial charge in [0.05, 0.1) is 0 Å². The van der Waals surface area contributed by atoms with Crippen LogP contribution in [0.1, 0.15) is 0 Å². The van der Waals surface area contributed by atoms with Crippen molar-refractivity contribution in [3.05, 3.63) is 0 Å². The van der Waals surface area contributed by atoms with Gasteiger partial charge in [-0.1, -0.05) is 0 Å². The van der Waals surface area contributed by atoms with Gasteiger partial charge in [0.1, 0.15) is 5.37 Å². The fraction of sp³-hybridized carbons (Fsp3) is 1.00. The monoisotopic (exact) mass is 149 g/mol. The molecule has 54 valence electrons. The van der Waals surface area contributed by atoms with Gasteiger partial charge in [-0.25, -0.2) is 0 Å². The zero-order chi connectivity index (χ0) is 6.85. The minimum absolute atomic E-state index is 0.106. The highest BCUT2D eigenvalue weighted by atomic mass is 32.2. The average Bonchev–Trinajstić information content (AvgIpc) is 2.13. The topological polar surface area (TPSA) is 43.7 Å². The van der Waals surface area contributed by atoms with Crippen molar-refractivity contribution in [3.63, 3.8) is 0 Å². The first-order chi connectivity index (χ1) is 4.22. The molecule has 0 aromatic heterocycles. The molecule has 0 amide bonds. The molecular weight excluding hydrogens is 138 g/mol. The van der Waals surface area contributed by atoms with Crippen molar-refractivity contribution >= 4 is 11.8 Å². The van der Waals surface area contributed by atoms with Crippen LogP contribution >= 0.6 is 11.8 Å². The van der Waals surface area contributed by atoms with E-state index in [0.29, 0.717) is 0 Å². The van der Waals surface area contributed by atoms with Gasteiger partial charge in [0.15, 0.2) is 6.29 Å². The van der Waals surface area contributed by atoms with E-state index in [2.05, 4.69) is 0 Å². The lowest BCUT2D eigenvalue weighted by Crippen LogP contribution is -2.34. The van der Waals surface area contributed by atoms with E-state index in [-0.39, 0.29) is 5.37 Å². The van der Waals surface area contributed by atoms with E-state index >= 15 is 0 Å². The van der Waals surface area contributed by atoms with Gasteiger partial charge < -0.3 is 10.2 Å². The Hall–Kier alpha value is 0.230. The second-order valence-corrected chi connectivity index (χ2v) is 3.38. The van der Waals surface area contributed by atoms with E-state index in [0.717, 1.165) is 12.3 Å². The SMILES string of the molecule is CN1CCS[C@H]1C(O)O. The van der Waals surface area contributed by atoms with Crippen LogP contribution in [-0.4, -0.2) is 46.1 Å². The molecule has 1 heterocycles. The number of likely N-dealkylation sites (N-methyl/N-ethyl adjacent to an activating group) is 1. The smallest absolute Gasteiger partial charge is 0.176 e. The molecular formula is C5H11NO2S. The first-order valence-electron chi connectivity index (χ1n) is 2.90. The van der Waals surface area contributed by atoms with Crippen molar-refractivity contribution in [1.29, 1.82) is 0 Å². The number of hydrogen-bond donors (Lipinski definition) is 2. The minimum Gasteiger partial charge on any atom is -0.366 e. The molecule has 1 aliphatic rings. The standard InChI is InChI=1S/C5H11NO2S/c1-6-2-3-9-4(6)5(7)8/h4-5,7-8H,2-3H2,1H3/t4-/m0/s1. The maximum atomic E-state index is 8.72. The summed E-state index contributed by atoms with van der Waals surface area (Å²) in [7, 11) is 1.89. The van der Waals surface area contributed by atoms with Crippen LogP contribution in [0.5, 0.6) is 0 Å². The van der Waals surface area contributed by atoms with Gasteiger partial charge in [-0.05, 0) is 7.05 Å². The quantitative estimate of drug-likeness (QED) is 0.484. The van der Waals surface area contributed by atoms with Crippen LogP contribution in [0.3, 0.4) is 0 Å². The van der Waals surface area contributed by atoms with Gasteiger partial charge in [-0.2, -0.15) is 0 Å².